The van der Waals surface area contributed by atoms with Gasteiger partial charge < -0.3 is 15.8 Å². The lowest BCUT2D eigenvalue weighted by molar-refractivity contribution is -0.132. The molecule has 1 saturated carbocycles. The van der Waals surface area contributed by atoms with Crippen molar-refractivity contribution in [3.63, 3.8) is 0 Å². The van der Waals surface area contributed by atoms with E-state index < -0.39 is 6.10 Å². The average Bonchev–Trinajstić information content (AvgIpc) is 2.70. The van der Waals surface area contributed by atoms with Crippen molar-refractivity contribution < 1.29 is 9.53 Å². The third-order valence-electron chi connectivity index (χ3n) is 3.14. The summed E-state index contributed by atoms with van der Waals surface area (Å²) >= 11 is 0. The molecule has 0 aromatic carbocycles. The van der Waals surface area contributed by atoms with E-state index in [0.29, 0.717) is 13.2 Å². The largest absolute Gasteiger partial charge is 0.367 e. The van der Waals surface area contributed by atoms with Gasteiger partial charge >= 0.3 is 0 Å². The molecule has 0 radical (unpaired) electrons. The Morgan fingerprint density at radius 3 is 2.69 bits per heavy atom. The van der Waals surface area contributed by atoms with Gasteiger partial charge in [0.25, 0.3) is 0 Å². The molecule has 0 bridgehead atoms. The van der Waals surface area contributed by atoms with Crippen LogP contribution in [0.4, 0.5) is 0 Å². The molecule has 3 N–H and O–H groups in total. The first-order chi connectivity index (χ1) is 7.57. The van der Waals surface area contributed by atoms with Gasteiger partial charge in [-0.25, -0.2) is 0 Å². The Hall–Kier alpha value is -0.610. The summed E-state index contributed by atoms with van der Waals surface area (Å²) < 4.78 is 5.55. The fourth-order valence-electron chi connectivity index (χ4n) is 1.98. The highest BCUT2D eigenvalue weighted by Gasteiger charge is 2.30. The predicted molar refractivity (Wildman–Crippen MR) is 64.1 cm³/mol. The van der Waals surface area contributed by atoms with Crippen LogP contribution in [-0.2, 0) is 9.53 Å². The predicted octanol–water partition coefficient (Wildman–Crippen LogP) is 1.19. The average molecular weight is 228 g/mol. The van der Waals surface area contributed by atoms with E-state index in [0.717, 1.165) is 19.3 Å². The molecule has 94 valence electrons. The first kappa shape index (κ1) is 13.5. The number of hydrogen-bond acceptors (Lipinski definition) is 3. The Morgan fingerprint density at radius 1 is 1.50 bits per heavy atom. The van der Waals surface area contributed by atoms with Crippen molar-refractivity contribution in [2.24, 2.45) is 5.73 Å². The van der Waals surface area contributed by atoms with Gasteiger partial charge in [-0.15, -0.1) is 0 Å². The zero-order valence-corrected chi connectivity index (χ0v) is 10.4. The number of carbonyl (C=O) groups is 1. The van der Waals surface area contributed by atoms with Gasteiger partial charge in [0.05, 0.1) is 6.61 Å². The molecule has 4 nitrogen and oxygen atoms in total. The molecule has 0 saturated heterocycles. The second-order valence-electron chi connectivity index (χ2n) is 4.81. The molecule has 1 fully saturated rings. The SMILES string of the molecule is CCCNC(=O)C(C)OCC1(N)CCCC1. The Morgan fingerprint density at radius 2 is 2.12 bits per heavy atom. The summed E-state index contributed by atoms with van der Waals surface area (Å²) in [5.74, 6) is -0.0385. The van der Waals surface area contributed by atoms with E-state index in [1.807, 2.05) is 6.92 Å². The lowest BCUT2D eigenvalue weighted by Crippen LogP contribution is -2.44. The number of amides is 1. The number of rotatable bonds is 6. The number of carbonyl (C=O) groups excluding carboxylic acids is 1. The summed E-state index contributed by atoms with van der Waals surface area (Å²) in [6.07, 6.45) is 4.92. The van der Waals surface area contributed by atoms with Crippen LogP contribution in [-0.4, -0.2) is 30.7 Å². The van der Waals surface area contributed by atoms with Gasteiger partial charge in [0, 0.05) is 12.1 Å². The Balaban J connectivity index is 2.23. The lowest BCUT2D eigenvalue weighted by Gasteiger charge is -2.25. The fraction of sp³-hybridized carbons (Fsp3) is 0.917. The van der Waals surface area contributed by atoms with Crippen LogP contribution in [0.3, 0.4) is 0 Å². The van der Waals surface area contributed by atoms with Crippen molar-refractivity contribution >= 4 is 5.91 Å². The van der Waals surface area contributed by atoms with E-state index in [2.05, 4.69) is 5.32 Å². The van der Waals surface area contributed by atoms with Crippen molar-refractivity contribution in [3.05, 3.63) is 0 Å². The van der Waals surface area contributed by atoms with Gasteiger partial charge in [0.1, 0.15) is 6.10 Å². The Bertz CT molecular complexity index is 225. The van der Waals surface area contributed by atoms with E-state index in [9.17, 15) is 4.79 Å². The maximum atomic E-state index is 11.5. The summed E-state index contributed by atoms with van der Waals surface area (Å²) in [7, 11) is 0. The van der Waals surface area contributed by atoms with Crippen LogP contribution in [0.15, 0.2) is 0 Å². The molecule has 0 aromatic rings. The summed E-state index contributed by atoms with van der Waals surface area (Å²) in [5, 5.41) is 2.82. The molecule has 1 unspecified atom stereocenters. The van der Waals surface area contributed by atoms with Crippen LogP contribution in [0.25, 0.3) is 0 Å². The number of nitrogens with one attached hydrogen (secondary N) is 1. The van der Waals surface area contributed by atoms with Crippen molar-refractivity contribution in [2.45, 2.75) is 57.6 Å². The Kier molecular flexibility index (Phi) is 5.22. The van der Waals surface area contributed by atoms with Crippen molar-refractivity contribution in [3.8, 4) is 0 Å². The van der Waals surface area contributed by atoms with Gasteiger partial charge in [0.15, 0.2) is 0 Å². The molecule has 1 aliphatic rings. The standard InChI is InChI=1S/C12H24N2O2/c1-3-8-14-11(15)10(2)16-9-12(13)6-4-5-7-12/h10H,3-9,13H2,1-2H3,(H,14,15). The van der Waals surface area contributed by atoms with Crippen LogP contribution in [0.2, 0.25) is 0 Å². The van der Waals surface area contributed by atoms with Gasteiger partial charge in [-0.2, -0.15) is 0 Å². The molecule has 1 rings (SSSR count). The highest BCUT2D eigenvalue weighted by atomic mass is 16.5. The molecular weight excluding hydrogens is 204 g/mol. The summed E-state index contributed by atoms with van der Waals surface area (Å²) in [6.45, 7) is 5.01. The molecule has 1 atom stereocenters. The molecule has 1 aliphatic carbocycles. The molecule has 0 heterocycles. The number of ether oxygens (including phenoxy) is 1. The van der Waals surface area contributed by atoms with Crippen LogP contribution in [0, 0.1) is 0 Å². The highest BCUT2D eigenvalue weighted by molar-refractivity contribution is 5.80. The van der Waals surface area contributed by atoms with Crippen LogP contribution >= 0.6 is 0 Å². The Labute approximate surface area is 97.9 Å². The fourth-order valence-corrected chi connectivity index (χ4v) is 1.98. The van der Waals surface area contributed by atoms with Gasteiger partial charge in [-0.05, 0) is 26.2 Å². The second-order valence-corrected chi connectivity index (χ2v) is 4.81. The smallest absolute Gasteiger partial charge is 0.248 e. The topological polar surface area (TPSA) is 64.3 Å². The molecule has 16 heavy (non-hydrogen) atoms. The third kappa shape index (κ3) is 4.10. The molecule has 1 amide bonds. The second kappa shape index (κ2) is 6.21. The maximum Gasteiger partial charge on any atom is 0.248 e. The van der Waals surface area contributed by atoms with Crippen molar-refractivity contribution in [1.29, 1.82) is 0 Å². The maximum absolute atomic E-state index is 11.5. The first-order valence-electron chi connectivity index (χ1n) is 6.25. The van der Waals surface area contributed by atoms with Gasteiger partial charge in [-0.1, -0.05) is 19.8 Å². The minimum atomic E-state index is -0.396. The summed E-state index contributed by atoms with van der Waals surface area (Å²) in [6, 6.07) is 0. The monoisotopic (exact) mass is 228 g/mol. The minimum absolute atomic E-state index is 0.0385. The van der Waals surface area contributed by atoms with Gasteiger partial charge in [0.2, 0.25) is 5.91 Å². The van der Waals surface area contributed by atoms with Crippen LogP contribution in [0.5, 0.6) is 0 Å². The lowest BCUT2D eigenvalue weighted by atomic mass is 10.0. The number of nitrogens with two attached hydrogens (primary N) is 1. The highest BCUT2D eigenvalue weighted by Crippen LogP contribution is 2.27. The van der Waals surface area contributed by atoms with Crippen molar-refractivity contribution in [2.75, 3.05) is 13.2 Å². The van der Waals surface area contributed by atoms with Crippen LogP contribution in [0.1, 0.15) is 46.0 Å². The van der Waals surface area contributed by atoms with E-state index in [1.165, 1.54) is 12.8 Å². The first-order valence-corrected chi connectivity index (χ1v) is 6.25. The zero-order valence-electron chi connectivity index (χ0n) is 10.4. The number of hydrogen-bond donors (Lipinski definition) is 2. The van der Waals surface area contributed by atoms with Crippen LogP contribution < -0.4 is 11.1 Å². The normalized spacial score (nSPS) is 20.7. The summed E-state index contributed by atoms with van der Waals surface area (Å²) in [4.78, 5) is 11.5. The molecule has 4 heteroatoms. The molecular formula is C12H24N2O2. The third-order valence-corrected chi connectivity index (χ3v) is 3.14. The van der Waals surface area contributed by atoms with Gasteiger partial charge in [-0.3, -0.25) is 4.79 Å². The van der Waals surface area contributed by atoms with Crippen molar-refractivity contribution in [1.82, 2.24) is 5.32 Å². The molecule has 0 spiro atoms. The van der Waals surface area contributed by atoms with E-state index >= 15 is 0 Å². The molecule has 0 aliphatic heterocycles. The quantitative estimate of drug-likeness (QED) is 0.717. The summed E-state index contributed by atoms with van der Waals surface area (Å²) in [5.41, 5.74) is 5.96. The zero-order chi connectivity index (χ0) is 12.0. The minimum Gasteiger partial charge on any atom is -0.367 e. The van der Waals surface area contributed by atoms with E-state index in [-0.39, 0.29) is 11.4 Å². The van der Waals surface area contributed by atoms with E-state index in [1.54, 1.807) is 6.92 Å². The molecule has 0 aromatic heterocycles. The van der Waals surface area contributed by atoms with E-state index in [4.69, 9.17) is 10.5 Å².